The topological polar surface area (TPSA) is 34.1 Å². The molecule has 94 valence electrons. The highest BCUT2D eigenvalue weighted by molar-refractivity contribution is 5.59. The van der Waals surface area contributed by atoms with Crippen LogP contribution in [0.1, 0.15) is 30.5 Å². The standard InChI is InChI=1S/C15H18N2O/c1-18-17-15-11-7-3-2-4-9-13(11)16-14-10-6-5-8-12(14)15/h5-7,10,17H,2-4,8-9H2,1H3. The molecule has 2 aliphatic carbocycles. The van der Waals surface area contributed by atoms with E-state index in [0.717, 1.165) is 30.3 Å². The lowest BCUT2D eigenvalue weighted by atomic mass is 10.0. The molecule has 0 atom stereocenters. The van der Waals surface area contributed by atoms with Crippen molar-refractivity contribution < 1.29 is 4.84 Å². The second-order valence-electron chi connectivity index (χ2n) is 4.77. The van der Waals surface area contributed by atoms with Gasteiger partial charge >= 0.3 is 0 Å². The monoisotopic (exact) mass is 242 g/mol. The largest absolute Gasteiger partial charge is 0.279 e. The maximum Gasteiger partial charge on any atom is 0.0748 e. The fourth-order valence-corrected chi connectivity index (χ4v) is 2.71. The van der Waals surface area contributed by atoms with Crippen LogP contribution < -0.4 is 16.0 Å². The van der Waals surface area contributed by atoms with Crippen LogP contribution in [0, 0.1) is 0 Å². The first-order valence-corrected chi connectivity index (χ1v) is 6.58. The van der Waals surface area contributed by atoms with E-state index in [4.69, 9.17) is 9.82 Å². The van der Waals surface area contributed by atoms with Crippen molar-refractivity contribution in [1.29, 1.82) is 0 Å². The molecule has 0 saturated carbocycles. The summed E-state index contributed by atoms with van der Waals surface area (Å²) in [5.74, 6) is 0. The van der Waals surface area contributed by atoms with Crippen molar-refractivity contribution in [3.63, 3.8) is 0 Å². The molecule has 0 amide bonds. The lowest BCUT2D eigenvalue weighted by Gasteiger charge is -2.14. The molecule has 0 aliphatic heterocycles. The number of nitrogens with zero attached hydrogens (tertiary/aromatic N) is 1. The molecule has 0 saturated heterocycles. The van der Waals surface area contributed by atoms with Gasteiger partial charge in [0.05, 0.1) is 23.8 Å². The Balaban J connectivity index is 2.29. The third-order valence-electron chi connectivity index (χ3n) is 3.58. The van der Waals surface area contributed by atoms with Crippen molar-refractivity contribution in [2.24, 2.45) is 0 Å². The second kappa shape index (κ2) is 4.94. The van der Waals surface area contributed by atoms with Gasteiger partial charge in [0.25, 0.3) is 0 Å². The van der Waals surface area contributed by atoms with E-state index in [-0.39, 0.29) is 0 Å². The van der Waals surface area contributed by atoms with E-state index in [1.165, 1.54) is 29.3 Å². The average molecular weight is 242 g/mol. The van der Waals surface area contributed by atoms with Crippen molar-refractivity contribution >= 4 is 17.8 Å². The van der Waals surface area contributed by atoms with Gasteiger partial charge in [-0.1, -0.05) is 18.2 Å². The van der Waals surface area contributed by atoms with Crippen LogP contribution >= 0.6 is 0 Å². The SMILES string of the molecule is CONc1c2c(nc3c1=CCCCC3)=CC=CC2. The molecule has 1 N–H and O–H groups in total. The van der Waals surface area contributed by atoms with E-state index in [1.807, 2.05) is 0 Å². The Labute approximate surface area is 107 Å². The number of hydrogen-bond acceptors (Lipinski definition) is 3. The van der Waals surface area contributed by atoms with Gasteiger partial charge in [-0.2, -0.15) is 0 Å². The van der Waals surface area contributed by atoms with Gasteiger partial charge < -0.3 is 0 Å². The summed E-state index contributed by atoms with van der Waals surface area (Å²) in [4.78, 5) is 9.99. The maximum atomic E-state index is 5.17. The summed E-state index contributed by atoms with van der Waals surface area (Å²) in [5, 5.41) is 2.34. The highest BCUT2D eigenvalue weighted by Gasteiger charge is 2.14. The molecule has 18 heavy (non-hydrogen) atoms. The molecule has 0 fully saturated rings. The predicted octanol–water partition coefficient (Wildman–Crippen LogP) is 1.45. The Morgan fingerprint density at radius 1 is 1.33 bits per heavy atom. The Bertz CT molecular complexity index is 602. The minimum atomic E-state index is 0.922. The third kappa shape index (κ3) is 1.95. The Kier molecular flexibility index (Phi) is 3.15. The number of hydrogen-bond donors (Lipinski definition) is 1. The molecule has 0 unspecified atom stereocenters. The number of nitrogens with one attached hydrogen (secondary N) is 1. The molecule has 3 rings (SSSR count). The van der Waals surface area contributed by atoms with E-state index in [1.54, 1.807) is 7.11 Å². The molecular weight excluding hydrogens is 224 g/mol. The van der Waals surface area contributed by atoms with Gasteiger partial charge in [0.2, 0.25) is 0 Å². The first-order valence-electron chi connectivity index (χ1n) is 6.58. The van der Waals surface area contributed by atoms with Crippen LogP contribution in [0.5, 0.6) is 0 Å². The van der Waals surface area contributed by atoms with Crippen LogP contribution in [-0.2, 0) is 17.7 Å². The highest BCUT2D eigenvalue weighted by atomic mass is 16.6. The molecule has 1 aromatic rings. The summed E-state index contributed by atoms with van der Waals surface area (Å²) in [7, 11) is 1.66. The maximum absolute atomic E-state index is 5.17. The lowest BCUT2D eigenvalue weighted by molar-refractivity contribution is 0.270. The molecule has 0 aromatic carbocycles. The summed E-state index contributed by atoms with van der Waals surface area (Å²) in [6.07, 6.45) is 14.2. The van der Waals surface area contributed by atoms with Gasteiger partial charge in [-0.3, -0.25) is 15.3 Å². The quantitative estimate of drug-likeness (QED) is 0.797. The number of rotatable bonds is 2. The first kappa shape index (κ1) is 11.5. The van der Waals surface area contributed by atoms with Crippen molar-refractivity contribution in [2.45, 2.75) is 32.1 Å². The number of anilines is 1. The second-order valence-corrected chi connectivity index (χ2v) is 4.77. The van der Waals surface area contributed by atoms with E-state index < -0.39 is 0 Å². The number of allylic oxidation sites excluding steroid dienone is 2. The van der Waals surface area contributed by atoms with Gasteiger partial charge in [-0.05, 0) is 38.2 Å². The van der Waals surface area contributed by atoms with Gasteiger partial charge in [0.15, 0.2) is 0 Å². The van der Waals surface area contributed by atoms with Gasteiger partial charge in [0, 0.05) is 10.8 Å². The van der Waals surface area contributed by atoms with Crippen LogP contribution in [0.25, 0.3) is 12.2 Å². The van der Waals surface area contributed by atoms with Crippen molar-refractivity contribution in [3.05, 3.63) is 34.0 Å². The molecule has 2 aliphatic rings. The first-order chi connectivity index (χ1) is 8.90. The van der Waals surface area contributed by atoms with E-state index >= 15 is 0 Å². The van der Waals surface area contributed by atoms with E-state index in [0.29, 0.717) is 0 Å². The van der Waals surface area contributed by atoms with E-state index in [2.05, 4.69) is 29.8 Å². The zero-order valence-electron chi connectivity index (χ0n) is 10.7. The summed E-state index contributed by atoms with van der Waals surface area (Å²) in [6, 6.07) is 0. The molecule has 0 bridgehead atoms. The van der Waals surface area contributed by atoms with Crippen LogP contribution in [0.3, 0.4) is 0 Å². The van der Waals surface area contributed by atoms with Crippen molar-refractivity contribution in [1.82, 2.24) is 4.98 Å². The third-order valence-corrected chi connectivity index (χ3v) is 3.58. The molecule has 3 nitrogen and oxygen atoms in total. The average Bonchev–Trinajstić information content (AvgIpc) is 2.64. The van der Waals surface area contributed by atoms with Gasteiger partial charge in [-0.15, -0.1) is 0 Å². The molecular formula is C15H18N2O. The van der Waals surface area contributed by atoms with Crippen LogP contribution in [0.15, 0.2) is 12.2 Å². The molecule has 1 heterocycles. The number of aromatic nitrogens is 1. The summed E-state index contributed by atoms with van der Waals surface area (Å²) in [5.41, 5.74) is 6.63. The summed E-state index contributed by atoms with van der Waals surface area (Å²) in [6.45, 7) is 0. The van der Waals surface area contributed by atoms with Crippen LogP contribution in [0.4, 0.5) is 5.69 Å². The van der Waals surface area contributed by atoms with E-state index in [9.17, 15) is 0 Å². The fourth-order valence-electron chi connectivity index (χ4n) is 2.71. The number of aryl methyl sites for hydroxylation is 1. The number of pyridine rings is 1. The van der Waals surface area contributed by atoms with Crippen LogP contribution in [0.2, 0.25) is 0 Å². The van der Waals surface area contributed by atoms with Gasteiger partial charge in [0.1, 0.15) is 0 Å². The Morgan fingerprint density at radius 3 is 3.17 bits per heavy atom. The fraction of sp³-hybridized carbons (Fsp3) is 0.400. The van der Waals surface area contributed by atoms with Crippen LogP contribution in [-0.4, -0.2) is 12.1 Å². The van der Waals surface area contributed by atoms with Crippen molar-refractivity contribution in [2.75, 3.05) is 12.6 Å². The van der Waals surface area contributed by atoms with Gasteiger partial charge in [-0.25, -0.2) is 0 Å². The molecule has 0 spiro atoms. The summed E-state index contributed by atoms with van der Waals surface area (Å²) < 4.78 is 0. The Morgan fingerprint density at radius 2 is 2.28 bits per heavy atom. The normalized spacial score (nSPS) is 16.9. The lowest BCUT2D eigenvalue weighted by Crippen LogP contribution is -2.29. The minimum absolute atomic E-state index is 0.922. The molecule has 1 aromatic heterocycles. The highest BCUT2D eigenvalue weighted by Crippen LogP contribution is 2.14. The Hall–Kier alpha value is -1.61. The zero-order chi connectivity index (χ0) is 12.4. The minimum Gasteiger partial charge on any atom is -0.279 e. The molecule has 3 heteroatoms. The molecule has 0 radical (unpaired) electrons. The predicted molar refractivity (Wildman–Crippen MR) is 73.4 cm³/mol. The smallest absolute Gasteiger partial charge is 0.0748 e. The zero-order valence-corrected chi connectivity index (χ0v) is 10.7. The summed E-state index contributed by atoms with van der Waals surface area (Å²) >= 11 is 0. The number of fused-ring (bicyclic) bond motifs is 2. The van der Waals surface area contributed by atoms with Crippen molar-refractivity contribution in [3.8, 4) is 0 Å².